The van der Waals surface area contributed by atoms with Crippen LogP contribution in [0.2, 0.25) is 0 Å². The molecule has 0 aromatic carbocycles. The van der Waals surface area contributed by atoms with E-state index in [-0.39, 0.29) is 42.7 Å². The molecule has 2 saturated carbocycles. The molecule has 0 radical (unpaired) electrons. The van der Waals surface area contributed by atoms with Gasteiger partial charge in [0.2, 0.25) is 5.91 Å². The number of likely N-dealkylation sites (tertiary alicyclic amines) is 1. The summed E-state index contributed by atoms with van der Waals surface area (Å²) in [7, 11) is 0. The summed E-state index contributed by atoms with van der Waals surface area (Å²) in [4.78, 5) is 14.9. The molecule has 0 aromatic heterocycles. The Morgan fingerprint density at radius 3 is 2.58 bits per heavy atom. The van der Waals surface area contributed by atoms with Crippen molar-refractivity contribution < 1.29 is 4.79 Å². The predicted molar refractivity (Wildman–Crippen MR) is 104 cm³/mol. The number of rotatable bonds is 6. The highest BCUT2D eigenvalue weighted by atomic mass is 35.5. The average molecular weight is 380 g/mol. The maximum atomic E-state index is 12.4. The molecule has 3 rings (SSSR count). The van der Waals surface area contributed by atoms with Gasteiger partial charge in [-0.2, -0.15) is 0 Å². The van der Waals surface area contributed by atoms with Gasteiger partial charge in [0.05, 0.1) is 5.92 Å². The average Bonchev–Trinajstić information content (AvgIpc) is 3.07. The highest BCUT2D eigenvalue weighted by Crippen LogP contribution is 2.47. The minimum atomic E-state index is 0. The second-order valence-electron chi connectivity index (χ2n) is 7.98. The molecule has 3 aliphatic rings. The Morgan fingerprint density at radius 2 is 1.92 bits per heavy atom. The first-order chi connectivity index (χ1) is 10.6. The fraction of sp³-hybridized carbons (Fsp3) is 0.944. The number of carbonyl (C=O) groups excluding carboxylic acids is 1. The highest BCUT2D eigenvalue weighted by molar-refractivity contribution is 5.85. The van der Waals surface area contributed by atoms with Gasteiger partial charge in [-0.05, 0) is 75.8 Å². The topological polar surface area (TPSA) is 58.4 Å². The Kier molecular flexibility index (Phi) is 9.35. The van der Waals surface area contributed by atoms with Gasteiger partial charge in [-0.1, -0.05) is 6.92 Å². The van der Waals surface area contributed by atoms with E-state index in [2.05, 4.69) is 17.1 Å². The molecule has 6 heteroatoms. The summed E-state index contributed by atoms with van der Waals surface area (Å²) in [5.74, 6) is 2.36. The van der Waals surface area contributed by atoms with Crippen molar-refractivity contribution >= 4 is 30.7 Å². The Morgan fingerprint density at radius 1 is 1.17 bits per heavy atom. The number of nitrogens with zero attached hydrogens (tertiary/aromatic N) is 1. The number of carbonyl (C=O) groups is 1. The van der Waals surface area contributed by atoms with Crippen LogP contribution in [0, 0.1) is 23.7 Å². The van der Waals surface area contributed by atoms with Crippen molar-refractivity contribution in [2.45, 2.75) is 57.9 Å². The van der Waals surface area contributed by atoms with Crippen molar-refractivity contribution in [1.82, 2.24) is 10.2 Å². The lowest BCUT2D eigenvalue weighted by Crippen LogP contribution is -2.45. The first-order valence-electron chi connectivity index (χ1n) is 9.41. The van der Waals surface area contributed by atoms with Crippen LogP contribution < -0.4 is 11.1 Å². The molecule has 3 N–H and O–H groups in total. The third-order valence-corrected chi connectivity index (χ3v) is 6.22. The number of piperidine rings is 1. The van der Waals surface area contributed by atoms with E-state index in [0.29, 0.717) is 11.8 Å². The largest absolute Gasteiger partial charge is 0.356 e. The van der Waals surface area contributed by atoms with Crippen LogP contribution in [0.15, 0.2) is 0 Å². The zero-order chi connectivity index (χ0) is 15.5. The quantitative estimate of drug-likeness (QED) is 0.697. The number of amides is 1. The van der Waals surface area contributed by atoms with Gasteiger partial charge in [-0.25, -0.2) is 0 Å². The predicted octanol–water partition coefficient (Wildman–Crippen LogP) is 2.83. The molecule has 5 atom stereocenters. The summed E-state index contributed by atoms with van der Waals surface area (Å²) >= 11 is 0. The van der Waals surface area contributed by atoms with Crippen LogP contribution in [-0.4, -0.2) is 43.0 Å². The molecule has 0 spiro atoms. The van der Waals surface area contributed by atoms with E-state index in [1.165, 1.54) is 58.2 Å². The van der Waals surface area contributed by atoms with Gasteiger partial charge in [-0.15, -0.1) is 24.8 Å². The third-order valence-electron chi connectivity index (χ3n) is 6.22. The maximum absolute atomic E-state index is 12.4. The Balaban J connectivity index is 0.00000144. The number of unbranched alkanes of at least 4 members (excludes halogenated alkanes) is 1. The SMILES string of the molecule is CC1CCCN(CCCCNC(=O)C2C3CCC(C3)C2N)C1.Cl.Cl. The molecule has 5 unspecified atom stereocenters. The number of hydrogen-bond acceptors (Lipinski definition) is 3. The van der Waals surface area contributed by atoms with Crippen molar-refractivity contribution in [3.63, 3.8) is 0 Å². The molecular weight excluding hydrogens is 345 g/mol. The number of nitrogens with one attached hydrogen (secondary N) is 1. The number of hydrogen-bond donors (Lipinski definition) is 2. The summed E-state index contributed by atoms with van der Waals surface area (Å²) < 4.78 is 0. The third kappa shape index (κ3) is 5.23. The normalized spacial score (nSPS) is 35.2. The van der Waals surface area contributed by atoms with E-state index >= 15 is 0 Å². The number of nitrogens with two attached hydrogens (primary N) is 1. The Hall–Kier alpha value is -0.0300. The van der Waals surface area contributed by atoms with Gasteiger partial charge in [0, 0.05) is 19.1 Å². The van der Waals surface area contributed by atoms with Gasteiger partial charge in [0.25, 0.3) is 0 Å². The van der Waals surface area contributed by atoms with Gasteiger partial charge >= 0.3 is 0 Å². The van der Waals surface area contributed by atoms with Crippen molar-refractivity contribution in [3.8, 4) is 0 Å². The van der Waals surface area contributed by atoms with Crippen LogP contribution in [-0.2, 0) is 4.79 Å². The summed E-state index contributed by atoms with van der Waals surface area (Å²) in [6, 6.07) is 0.119. The molecule has 2 aliphatic carbocycles. The standard InChI is InChI=1S/C18H33N3O.2ClH/c1-13-5-4-10-21(12-13)9-3-2-8-20-18(22)16-14-6-7-15(11-14)17(16)19;;/h13-17H,2-12,19H2,1H3,(H,20,22);2*1H. The molecule has 1 heterocycles. The van der Waals surface area contributed by atoms with Crippen molar-refractivity contribution in [2.24, 2.45) is 29.4 Å². The Bertz CT molecular complexity index is 394. The van der Waals surface area contributed by atoms with Gasteiger partial charge < -0.3 is 16.0 Å². The summed E-state index contributed by atoms with van der Waals surface area (Å²) in [5, 5.41) is 3.15. The van der Waals surface area contributed by atoms with Gasteiger partial charge in [0.15, 0.2) is 0 Å². The van der Waals surface area contributed by atoms with E-state index in [1.54, 1.807) is 0 Å². The van der Waals surface area contributed by atoms with E-state index in [1.807, 2.05) is 0 Å². The molecule has 2 bridgehead atoms. The van der Waals surface area contributed by atoms with Gasteiger partial charge in [-0.3, -0.25) is 4.79 Å². The Labute approximate surface area is 159 Å². The van der Waals surface area contributed by atoms with Crippen LogP contribution in [0.1, 0.15) is 51.9 Å². The fourth-order valence-electron chi connectivity index (χ4n) is 5.00. The molecule has 24 heavy (non-hydrogen) atoms. The minimum Gasteiger partial charge on any atom is -0.356 e. The lowest BCUT2D eigenvalue weighted by molar-refractivity contribution is -0.127. The fourth-order valence-corrected chi connectivity index (χ4v) is 5.00. The lowest BCUT2D eigenvalue weighted by Gasteiger charge is -2.30. The lowest BCUT2D eigenvalue weighted by atomic mass is 9.84. The van der Waals surface area contributed by atoms with Gasteiger partial charge in [0.1, 0.15) is 0 Å². The van der Waals surface area contributed by atoms with E-state index < -0.39 is 0 Å². The maximum Gasteiger partial charge on any atom is 0.224 e. The van der Waals surface area contributed by atoms with Crippen LogP contribution in [0.4, 0.5) is 0 Å². The van der Waals surface area contributed by atoms with Crippen molar-refractivity contribution in [1.29, 1.82) is 0 Å². The molecular formula is C18H35Cl2N3O. The second-order valence-corrected chi connectivity index (χ2v) is 7.98. The first-order valence-corrected chi connectivity index (χ1v) is 9.41. The minimum absolute atomic E-state index is 0. The summed E-state index contributed by atoms with van der Waals surface area (Å²) in [6.45, 7) is 6.88. The van der Waals surface area contributed by atoms with Crippen LogP contribution in [0.5, 0.6) is 0 Å². The van der Waals surface area contributed by atoms with E-state index in [0.717, 1.165) is 18.9 Å². The molecule has 142 valence electrons. The molecule has 1 amide bonds. The van der Waals surface area contributed by atoms with Crippen LogP contribution in [0.25, 0.3) is 0 Å². The van der Waals surface area contributed by atoms with Crippen molar-refractivity contribution in [3.05, 3.63) is 0 Å². The second kappa shape index (κ2) is 10.2. The summed E-state index contributed by atoms with van der Waals surface area (Å²) in [5.41, 5.74) is 6.24. The molecule has 4 nitrogen and oxygen atoms in total. The molecule has 3 fully saturated rings. The summed E-state index contributed by atoms with van der Waals surface area (Å²) in [6.07, 6.45) is 8.65. The molecule has 1 saturated heterocycles. The van der Waals surface area contributed by atoms with Crippen LogP contribution >= 0.6 is 24.8 Å². The monoisotopic (exact) mass is 379 g/mol. The van der Waals surface area contributed by atoms with Crippen molar-refractivity contribution in [2.75, 3.05) is 26.2 Å². The molecule has 1 aliphatic heterocycles. The first kappa shape index (κ1) is 22.0. The zero-order valence-electron chi connectivity index (χ0n) is 14.9. The number of fused-ring (bicyclic) bond motifs is 2. The van der Waals surface area contributed by atoms with E-state index in [4.69, 9.17) is 5.73 Å². The van der Waals surface area contributed by atoms with E-state index in [9.17, 15) is 4.79 Å². The smallest absolute Gasteiger partial charge is 0.224 e. The number of halogens is 2. The zero-order valence-corrected chi connectivity index (χ0v) is 16.5. The highest BCUT2D eigenvalue weighted by Gasteiger charge is 2.48. The molecule has 0 aromatic rings. The van der Waals surface area contributed by atoms with Crippen LogP contribution in [0.3, 0.4) is 0 Å².